The minimum atomic E-state index is -0.285. The van der Waals surface area contributed by atoms with E-state index in [1.807, 2.05) is 72.8 Å². The molecule has 0 saturated heterocycles. The number of carbonyl (C=O) groups excluding carboxylic acids is 2. The molecule has 29 heavy (non-hydrogen) atoms. The Morgan fingerprint density at radius 2 is 1.24 bits per heavy atom. The second-order valence-electron chi connectivity index (χ2n) is 7.09. The van der Waals surface area contributed by atoms with Gasteiger partial charge in [-0.3, -0.25) is 9.59 Å². The standard InChI is InChI=1S/C24H22N2O3/c27-23(25-18-9-5-2-6-10-18)21-15-22(21)24(28)26-19-11-13-20(14-12-19)29-16-17-7-3-1-4-8-17/h1-14,21-22H,15-16H2,(H,25,27)(H,26,28). The molecule has 5 nitrogen and oxygen atoms in total. The summed E-state index contributed by atoms with van der Waals surface area (Å²) >= 11 is 0. The third kappa shape index (κ3) is 5.02. The summed E-state index contributed by atoms with van der Waals surface area (Å²) in [4.78, 5) is 24.7. The third-order valence-corrected chi connectivity index (χ3v) is 4.88. The highest BCUT2D eigenvalue weighted by Crippen LogP contribution is 2.40. The zero-order valence-electron chi connectivity index (χ0n) is 15.9. The summed E-state index contributed by atoms with van der Waals surface area (Å²) in [5, 5.41) is 5.73. The Hall–Kier alpha value is -3.60. The summed E-state index contributed by atoms with van der Waals surface area (Å²) in [5.74, 6) is -0.0630. The van der Waals surface area contributed by atoms with Crippen LogP contribution in [-0.4, -0.2) is 11.8 Å². The maximum Gasteiger partial charge on any atom is 0.228 e. The summed E-state index contributed by atoms with van der Waals surface area (Å²) in [5.41, 5.74) is 2.53. The van der Waals surface area contributed by atoms with Crippen LogP contribution < -0.4 is 15.4 Å². The van der Waals surface area contributed by atoms with Gasteiger partial charge in [0.15, 0.2) is 0 Å². The predicted molar refractivity (Wildman–Crippen MR) is 113 cm³/mol. The van der Waals surface area contributed by atoms with Gasteiger partial charge in [0.1, 0.15) is 12.4 Å². The molecule has 0 heterocycles. The zero-order chi connectivity index (χ0) is 20.1. The molecule has 146 valence electrons. The zero-order valence-corrected chi connectivity index (χ0v) is 15.9. The molecular formula is C24H22N2O3. The van der Waals surface area contributed by atoms with Crippen LogP contribution in [0.1, 0.15) is 12.0 Å². The molecule has 2 atom stereocenters. The van der Waals surface area contributed by atoms with Crippen LogP contribution in [0.15, 0.2) is 84.9 Å². The number of carbonyl (C=O) groups is 2. The van der Waals surface area contributed by atoms with Crippen molar-refractivity contribution < 1.29 is 14.3 Å². The minimum Gasteiger partial charge on any atom is -0.489 e. The number of hydrogen-bond acceptors (Lipinski definition) is 3. The lowest BCUT2D eigenvalue weighted by Gasteiger charge is -2.09. The highest BCUT2D eigenvalue weighted by Gasteiger charge is 2.48. The van der Waals surface area contributed by atoms with Gasteiger partial charge in [0.2, 0.25) is 11.8 Å². The predicted octanol–water partition coefficient (Wildman–Crippen LogP) is 4.48. The Labute approximate surface area is 169 Å². The van der Waals surface area contributed by atoms with Crippen LogP contribution in [0.5, 0.6) is 5.75 Å². The lowest BCUT2D eigenvalue weighted by molar-refractivity contribution is -0.122. The molecule has 0 aliphatic heterocycles. The molecule has 1 fully saturated rings. The van der Waals surface area contributed by atoms with Gasteiger partial charge in [-0.05, 0) is 48.4 Å². The Kier molecular flexibility index (Phi) is 5.56. The molecule has 3 aromatic carbocycles. The first kappa shape index (κ1) is 18.7. The monoisotopic (exact) mass is 386 g/mol. The Bertz CT molecular complexity index is 972. The maximum absolute atomic E-state index is 12.4. The van der Waals surface area contributed by atoms with Crippen LogP contribution in [0.25, 0.3) is 0 Å². The van der Waals surface area contributed by atoms with Gasteiger partial charge in [-0.2, -0.15) is 0 Å². The number of rotatable bonds is 7. The summed E-state index contributed by atoms with van der Waals surface area (Å²) < 4.78 is 5.75. The van der Waals surface area contributed by atoms with Crippen LogP contribution in [0.4, 0.5) is 11.4 Å². The normalized spacial score (nSPS) is 17.2. The number of hydrogen-bond donors (Lipinski definition) is 2. The van der Waals surface area contributed by atoms with Crippen LogP contribution in [0.2, 0.25) is 0 Å². The molecule has 1 aliphatic carbocycles. The van der Waals surface area contributed by atoms with Crippen molar-refractivity contribution in [2.45, 2.75) is 13.0 Å². The van der Waals surface area contributed by atoms with Crippen molar-refractivity contribution in [2.24, 2.45) is 11.8 Å². The fourth-order valence-corrected chi connectivity index (χ4v) is 3.14. The SMILES string of the molecule is O=C(Nc1ccccc1)C1CC1C(=O)Nc1ccc(OCc2ccccc2)cc1. The first-order valence-corrected chi connectivity index (χ1v) is 9.62. The van der Waals surface area contributed by atoms with E-state index < -0.39 is 0 Å². The molecule has 2 N–H and O–H groups in total. The fraction of sp³-hybridized carbons (Fsp3) is 0.167. The molecule has 5 heteroatoms. The summed E-state index contributed by atoms with van der Waals surface area (Å²) in [7, 11) is 0. The molecule has 1 aliphatic rings. The van der Waals surface area contributed by atoms with Crippen molar-refractivity contribution in [3.63, 3.8) is 0 Å². The van der Waals surface area contributed by atoms with Crippen LogP contribution in [0, 0.1) is 11.8 Å². The maximum atomic E-state index is 12.4. The molecule has 0 spiro atoms. The molecule has 4 rings (SSSR count). The molecule has 1 saturated carbocycles. The lowest BCUT2D eigenvalue weighted by atomic mass is 10.2. The quantitative estimate of drug-likeness (QED) is 0.629. The number of anilines is 2. The summed E-state index contributed by atoms with van der Waals surface area (Å²) in [6, 6.07) is 26.5. The van der Waals surface area contributed by atoms with E-state index in [4.69, 9.17) is 4.74 Å². The van der Waals surface area contributed by atoms with Gasteiger partial charge in [0.25, 0.3) is 0 Å². The van der Waals surface area contributed by atoms with Gasteiger partial charge in [-0.1, -0.05) is 48.5 Å². The van der Waals surface area contributed by atoms with E-state index in [9.17, 15) is 9.59 Å². The van der Waals surface area contributed by atoms with Gasteiger partial charge in [-0.25, -0.2) is 0 Å². The molecular weight excluding hydrogens is 364 g/mol. The van der Waals surface area contributed by atoms with E-state index in [0.717, 1.165) is 17.0 Å². The first-order chi connectivity index (χ1) is 14.2. The average Bonchev–Trinajstić information content (AvgIpc) is 3.56. The molecule has 0 radical (unpaired) electrons. The van der Waals surface area contributed by atoms with E-state index in [2.05, 4.69) is 10.6 Å². The van der Waals surface area contributed by atoms with Crippen molar-refractivity contribution >= 4 is 23.2 Å². The molecule has 2 unspecified atom stereocenters. The molecule has 0 bridgehead atoms. The molecule has 2 amide bonds. The van der Waals surface area contributed by atoms with Crippen LogP contribution in [0.3, 0.4) is 0 Å². The van der Waals surface area contributed by atoms with E-state index in [0.29, 0.717) is 18.7 Å². The Morgan fingerprint density at radius 3 is 1.83 bits per heavy atom. The topological polar surface area (TPSA) is 67.4 Å². The lowest BCUT2D eigenvalue weighted by Crippen LogP contribution is -2.20. The van der Waals surface area contributed by atoms with Crippen molar-refractivity contribution in [1.29, 1.82) is 0 Å². The van der Waals surface area contributed by atoms with Gasteiger partial charge in [0.05, 0.1) is 11.8 Å². The number of para-hydroxylation sites is 1. The van der Waals surface area contributed by atoms with E-state index in [1.54, 1.807) is 12.1 Å². The Balaban J connectivity index is 1.25. The van der Waals surface area contributed by atoms with Gasteiger partial charge in [-0.15, -0.1) is 0 Å². The molecule has 0 aromatic heterocycles. The van der Waals surface area contributed by atoms with Crippen molar-refractivity contribution in [1.82, 2.24) is 0 Å². The van der Waals surface area contributed by atoms with Gasteiger partial charge < -0.3 is 15.4 Å². The van der Waals surface area contributed by atoms with Crippen molar-refractivity contribution in [3.05, 3.63) is 90.5 Å². The van der Waals surface area contributed by atoms with Gasteiger partial charge >= 0.3 is 0 Å². The number of nitrogens with one attached hydrogen (secondary N) is 2. The smallest absolute Gasteiger partial charge is 0.228 e. The fourth-order valence-electron chi connectivity index (χ4n) is 3.14. The second kappa shape index (κ2) is 8.61. The third-order valence-electron chi connectivity index (χ3n) is 4.88. The van der Waals surface area contributed by atoms with E-state index in [1.165, 1.54) is 0 Å². The van der Waals surface area contributed by atoms with Crippen LogP contribution in [-0.2, 0) is 16.2 Å². The van der Waals surface area contributed by atoms with Crippen molar-refractivity contribution in [2.75, 3.05) is 10.6 Å². The number of benzene rings is 3. The Morgan fingerprint density at radius 1 is 0.724 bits per heavy atom. The first-order valence-electron chi connectivity index (χ1n) is 9.62. The van der Waals surface area contributed by atoms with Crippen molar-refractivity contribution in [3.8, 4) is 5.75 Å². The van der Waals surface area contributed by atoms with E-state index in [-0.39, 0.29) is 23.7 Å². The average molecular weight is 386 g/mol. The molecule has 3 aromatic rings. The number of ether oxygens (including phenoxy) is 1. The second-order valence-corrected chi connectivity index (χ2v) is 7.09. The summed E-state index contributed by atoms with van der Waals surface area (Å²) in [6.07, 6.45) is 0.572. The highest BCUT2D eigenvalue weighted by atomic mass is 16.5. The van der Waals surface area contributed by atoms with E-state index >= 15 is 0 Å². The van der Waals surface area contributed by atoms with Gasteiger partial charge in [0, 0.05) is 11.4 Å². The largest absolute Gasteiger partial charge is 0.489 e. The summed E-state index contributed by atoms with van der Waals surface area (Å²) in [6.45, 7) is 0.493. The van der Waals surface area contributed by atoms with Crippen LogP contribution >= 0.6 is 0 Å². The highest BCUT2D eigenvalue weighted by molar-refractivity contribution is 6.03. The minimum absolute atomic E-state index is 0.110. The number of amides is 2.